The van der Waals surface area contributed by atoms with Gasteiger partial charge in [-0.25, -0.2) is 14.2 Å². The molecule has 0 saturated heterocycles. The second kappa shape index (κ2) is 6.20. The first-order valence-electron chi connectivity index (χ1n) is 10.3. The van der Waals surface area contributed by atoms with Gasteiger partial charge in [-0.2, -0.15) is 10.1 Å². The molecule has 148 valence electrons. The van der Waals surface area contributed by atoms with Gasteiger partial charge in [-0.3, -0.25) is 0 Å². The quantitative estimate of drug-likeness (QED) is 0.530. The molecule has 29 heavy (non-hydrogen) atoms. The van der Waals surface area contributed by atoms with Gasteiger partial charge in [0.15, 0.2) is 5.65 Å². The third-order valence-electron chi connectivity index (χ3n) is 6.27. The van der Waals surface area contributed by atoms with Gasteiger partial charge in [0.25, 0.3) is 0 Å². The summed E-state index contributed by atoms with van der Waals surface area (Å²) in [4.78, 5) is 9.35. The van der Waals surface area contributed by atoms with Crippen molar-refractivity contribution in [3.05, 3.63) is 40.9 Å². The summed E-state index contributed by atoms with van der Waals surface area (Å²) in [5.74, 6) is 1.42. The molecule has 1 atom stereocenters. The largest absolute Gasteiger partial charge is 0.339 e. The van der Waals surface area contributed by atoms with E-state index in [1.807, 2.05) is 24.4 Å². The molecule has 0 aliphatic heterocycles. The third kappa shape index (κ3) is 2.60. The lowest BCUT2D eigenvalue weighted by Gasteiger charge is -2.28. The van der Waals surface area contributed by atoms with Crippen LogP contribution in [-0.4, -0.2) is 39.7 Å². The lowest BCUT2D eigenvalue weighted by atomic mass is 9.87. The van der Waals surface area contributed by atoms with Gasteiger partial charge in [0, 0.05) is 23.7 Å². The van der Waals surface area contributed by atoms with E-state index in [2.05, 4.69) is 30.2 Å². The van der Waals surface area contributed by atoms with Crippen LogP contribution < -0.4 is 0 Å². The van der Waals surface area contributed by atoms with E-state index in [4.69, 9.17) is 9.51 Å². The fourth-order valence-electron chi connectivity index (χ4n) is 4.47. The molecular weight excluding hydrogens is 368 g/mol. The number of rotatable bonds is 3. The highest BCUT2D eigenvalue weighted by Crippen LogP contribution is 2.37. The van der Waals surface area contributed by atoms with Gasteiger partial charge in [0.2, 0.25) is 11.7 Å². The molecular formula is C20H22N8O. The summed E-state index contributed by atoms with van der Waals surface area (Å²) in [6.45, 7) is 3.99. The van der Waals surface area contributed by atoms with Gasteiger partial charge in [0.05, 0.1) is 29.2 Å². The van der Waals surface area contributed by atoms with Crippen molar-refractivity contribution < 1.29 is 4.52 Å². The Morgan fingerprint density at radius 1 is 1.14 bits per heavy atom. The van der Waals surface area contributed by atoms with Crippen LogP contribution in [0.4, 0.5) is 0 Å². The first kappa shape index (κ1) is 16.8. The molecule has 2 aliphatic carbocycles. The predicted molar refractivity (Wildman–Crippen MR) is 103 cm³/mol. The number of nitrogens with zero attached hydrogens (tertiary/aromatic N) is 8. The Bertz CT molecular complexity index is 1210. The van der Waals surface area contributed by atoms with Crippen molar-refractivity contribution in [1.29, 1.82) is 0 Å². The number of hydrogen-bond donors (Lipinski definition) is 0. The zero-order chi connectivity index (χ0) is 19.5. The molecule has 4 aromatic heterocycles. The van der Waals surface area contributed by atoms with Crippen LogP contribution >= 0.6 is 0 Å². The predicted octanol–water partition coefficient (Wildman–Crippen LogP) is 2.99. The molecule has 0 bridgehead atoms. The molecule has 4 aromatic rings. The Balaban J connectivity index is 1.32. The van der Waals surface area contributed by atoms with Crippen molar-refractivity contribution in [2.45, 2.75) is 64.3 Å². The highest BCUT2D eigenvalue weighted by Gasteiger charge is 2.32. The summed E-state index contributed by atoms with van der Waals surface area (Å²) in [5, 5.41) is 17.5. The van der Waals surface area contributed by atoms with E-state index in [1.54, 1.807) is 6.20 Å². The van der Waals surface area contributed by atoms with E-state index >= 15 is 0 Å². The minimum atomic E-state index is 0.194. The minimum Gasteiger partial charge on any atom is -0.339 e. The Kier molecular flexibility index (Phi) is 3.60. The molecule has 9 nitrogen and oxygen atoms in total. The van der Waals surface area contributed by atoms with Gasteiger partial charge in [0.1, 0.15) is 0 Å². The summed E-state index contributed by atoms with van der Waals surface area (Å²) < 4.78 is 9.65. The van der Waals surface area contributed by atoms with E-state index in [0.29, 0.717) is 17.8 Å². The maximum Gasteiger partial charge on any atom is 0.230 e. The summed E-state index contributed by atoms with van der Waals surface area (Å²) in [6.07, 6.45) is 8.15. The average Bonchev–Trinajstić information content (AvgIpc) is 3.38. The third-order valence-corrected chi connectivity index (χ3v) is 6.27. The van der Waals surface area contributed by atoms with Crippen LogP contribution in [0.3, 0.4) is 0 Å². The molecule has 1 unspecified atom stereocenters. The topological polar surface area (TPSA) is 99.8 Å². The van der Waals surface area contributed by atoms with Gasteiger partial charge < -0.3 is 4.52 Å². The standard InChI is InChI=1S/C20H22N8O/c1-11-8-12(2)27-19(22-11)15(10-21-27)18-23-20(29-25-18)13-6-7-16-17(9-13)28(26-24-16)14-4-3-5-14/h8,10,13-14H,3-7,9H2,1-2H3. The number of hydrogen-bond acceptors (Lipinski definition) is 7. The number of aromatic nitrogens is 8. The molecule has 1 saturated carbocycles. The van der Waals surface area contributed by atoms with Crippen molar-refractivity contribution in [2.24, 2.45) is 0 Å². The summed E-state index contributed by atoms with van der Waals surface area (Å²) in [5.41, 5.74) is 5.90. The molecule has 1 fully saturated rings. The second-order valence-corrected chi connectivity index (χ2v) is 8.24. The number of aryl methyl sites for hydroxylation is 3. The van der Waals surface area contributed by atoms with E-state index < -0.39 is 0 Å². The summed E-state index contributed by atoms with van der Waals surface area (Å²) >= 11 is 0. The van der Waals surface area contributed by atoms with E-state index in [9.17, 15) is 0 Å². The van der Waals surface area contributed by atoms with Crippen molar-refractivity contribution in [1.82, 2.24) is 39.7 Å². The molecule has 2 aliphatic rings. The second-order valence-electron chi connectivity index (χ2n) is 8.24. The SMILES string of the molecule is Cc1cc(C)n2ncc(-c3noc(C4CCc5nnn(C6CCC6)c5C4)n3)c2n1. The highest BCUT2D eigenvalue weighted by molar-refractivity contribution is 5.72. The lowest BCUT2D eigenvalue weighted by Crippen LogP contribution is -2.23. The fourth-order valence-corrected chi connectivity index (χ4v) is 4.47. The summed E-state index contributed by atoms with van der Waals surface area (Å²) in [6, 6.07) is 2.52. The molecule has 6 rings (SSSR count). The van der Waals surface area contributed by atoms with Crippen LogP contribution in [0.2, 0.25) is 0 Å². The van der Waals surface area contributed by atoms with Crippen LogP contribution in [0.15, 0.2) is 16.8 Å². The first-order chi connectivity index (χ1) is 14.2. The van der Waals surface area contributed by atoms with Crippen molar-refractivity contribution in [2.75, 3.05) is 0 Å². The van der Waals surface area contributed by atoms with E-state index in [1.165, 1.54) is 25.0 Å². The maximum atomic E-state index is 5.69. The van der Waals surface area contributed by atoms with Gasteiger partial charge >= 0.3 is 0 Å². The Morgan fingerprint density at radius 2 is 2.03 bits per heavy atom. The lowest BCUT2D eigenvalue weighted by molar-refractivity contribution is 0.271. The van der Waals surface area contributed by atoms with E-state index in [-0.39, 0.29) is 5.92 Å². The Hall–Kier alpha value is -3.10. The van der Waals surface area contributed by atoms with Gasteiger partial charge in [-0.1, -0.05) is 10.4 Å². The monoisotopic (exact) mass is 390 g/mol. The highest BCUT2D eigenvalue weighted by atomic mass is 16.5. The van der Waals surface area contributed by atoms with Crippen molar-refractivity contribution in [3.63, 3.8) is 0 Å². The Morgan fingerprint density at radius 3 is 2.86 bits per heavy atom. The molecule has 0 aromatic carbocycles. The maximum absolute atomic E-state index is 5.69. The van der Waals surface area contributed by atoms with Crippen LogP contribution in [0.1, 0.15) is 66.3 Å². The zero-order valence-corrected chi connectivity index (χ0v) is 16.5. The molecule has 4 heterocycles. The van der Waals surface area contributed by atoms with Crippen molar-refractivity contribution in [3.8, 4) is 11.4 Å². The van der Waals surface area contributed by atoms with Crippen LogP contribution in [0.25, 0.3) is 17.0 Å². The van der Waals surface area contributed by atoms with Crippen LogP contribution in [-0.2, 0) is 12.8 Å². The van der Waals surface area contributed by atoms with Crippen molar-refractivity contribution >= 4 is 5.65 Å². The summed E-state index contributed by atoms with van der Waals surface area (Å²) in [7, 11) is 0. The van der Waals surface area contributed by atoms with Gasteiger partial charge in [-0.15, -0.1) is 5.10 Å². The van der Waals surface area contributed by atoms with E-state index in [0.717, 1.165) is 47.6 Å². The first-order valence-corrected chi connectivity index (χ1v) is 10.3. The molecule has 0 spiro atoms. The van der Waals surface area contributed by atoms with Gasteiger partial charge in [-0.05, 0) is 52.0 Å². The number of fused-ring (bicyclic) bond motifs is 2. The average molecular weight is 390 g/mol. The minimum absolute atomic E-state index is 0.194. The zero-order valence-electron chi connectivity index (χ0n) is 16.5. The molecule has 0 radical (unpaired) electrons. The molecule has 0 amide bonds. The van der Waals surface area contributed by atoms with Crippen LogP contribution in [0, 0.1) is 13.8 Å². The smallest absolute Gasteiger partial charge is 0.230 e. The Labute approximate surface area is 167 Å². The normalized spacial score (nSPS) is 19.4. The molecule has 9 heteroatoms. The van der Waals surface area contributed by atoms with Crippen LogP contribution in [0.5, 0.6) is 0 Å². The fraction of sp³-hybridized carbons (Fsp3) is 0.500. The molecule has 0 N–H and O–H groups in total.